The first kappa shape index (κ1) is 17.4. The number of fused-ring (bicyclic) bond motifs is 1. The third kappa shape index (κ3) is 3.57. The third-order valence-electron chi connectivity index (χ3n) is 4.71. The molecule has 0 spiro atoms. The van der Waals surface area contributed by atoms with Gasteiger partial charge in [-0.25, -0.2) is 0 Å². The Labute approximate surface area is 161 Å². The van der Waals surface area contributed by atoms with Gasteiger partial charge in [-0.05, 0) is 31.0 Å². The molecule has 2 aromatic heterocycles. The minimum atomic E-state index is 0.444. The molecule has 1 fully saturated rings. The van der Waals surface area contributed by atoms with Crippen molar-refractivity contribution >= 4 is 51.7 Å². The lowest BCUT2D eigenvalue weighted by atomic mass is 9.95. The first-order valence-corrected chi connectivity index (χ1v) is 9.54. The van der Waals surface area contributed by atoms with E-state index in [1.165, 1.54) is 32.1 Å². The molecule has 6 nitrogen and oxygen atoms in total. The molecule has 1 aromatic carbocycles. The van der Waals surface area contributed by atoms with Crippen molar-refractivity contribution in [2.45, 2.75) is 38.1 Å². The van der Waals surface area contributed by atoms with Crippen molar-refractivity contribution in [2.75, 3.05) is 10.6 Å². The molecule has 26 heavy (non-hydrogen) atoms. The third-order valence-corrected chi connectivity index (χ3v) is 5.45. The summed E-state index contributed by atoms with van der Waals surface area (Å²) in [4.78, 5) is 9.29. The first-order chi connectivity index (χ1) is 12.6. The second kappa shape index (κ2) is 7.29. The molecule has 2 heterocycles. The maximum atomic E-state index is 6.10. The fourth-order valence-corrected chi connectivity index (χ4v) is 3.63. The number of anilines is 3. The van der Waals surface area contributed by atoms with E-state index in [4.69, 9.17) is 28.2 Å². The quantitative estimate of drug-likeness (QED) is 0.643. The minimum absolute atomic E-state index is 0.444. The molecule has 0 saturated heterocycles. The summed E-state index contributed by atoms with van der Waals surface area (Å²) < 4.78 is 1.75. The van der Waals surface area contributed by atoms with Crippen molar-refractivity contribution in [3.63, 3.8) is 0 Å². The Morgan fingerprint density at radius 2 is 1.88 bits per heavy atom. The summed E-state index contributed by atoms with van der Waals surface area (Å²) in [5.41, 5.74) is 1.56. The monoisotopic (exact) mass is 390 g/mol. The SMILES string of the molecule is Cn1ncc2c(NC3CCCCC3)nc(Nc3ccc(Cl)c(Cl)c3)nc21. The fourth-order valence-electron chi connectivity index (χ4n) is 3.33. The molecule has 1 aliphatic rings. The predicted molar refractivity (Wildman–Crippen MR) is 107 cm³/mol. The van der Waals surface area contributed by atoms with Crippen molar-refractivity contribution in [3.05, 3.63) is 34.4 Å². The van der Waals surface area contributed by atoms with Gasteiger partial charge in [-0.1, -0.05) is 42.5 Å². The van der Waals surface area contributed by atoms with E-state index in [1.807, 2.05) is 19.3 Å². The molecule has 136 valence electrons. The molecule has 0 atom stereocenters. The number of nitrogens with one attached hydrogen (secondary N) is 2. The largest absolute Gasteiger partial charge is 0.367 e. The maximum absolute atomic E-state index is 6.10. The Balaban J connectivity index is 1.67. The standard InChI is InChI=1S/C18H20Cl2N6/c1-26-17-13(10-21-26)16(22-11-5-3-2-4-6-11)24-18(25-17)23-12-7-8-14(19)15(20)9-12/h7-11H,2-6H2,1H3,(H2,22,23,24,25). The van der Waals surface area contributed by atoms with E-state index in [0.29, 0.717) is 22.0 Å². The molecule has 0 amide bonds. The van der Waals surface area contributed by atoms with Crippen LogP contribution in [0.15, 0.2) is 24.4 Å². The maximum Gasteiger partial charge on any atom is 0.231 e. The van der Waals surface area contributed by atoms with Crippen LogP contribution < -0.4 is 10.6 Å². The van der Waals surface area contributed by atoms with Crippen LogP contribution >= 0.6 is 23.2 Å². The molecule has 0 unspecified atom stereocenters. The summed E-state index contributed by atoms with van der Waals surface area (Å²) in [6.45, 7) is 0. The zero-order valence-corrected chi connectivity index (χ0v) is 16.0. The summed E-state index contributed by atoms with van der Waals surface area (Å²) in [6.07, 6.45) is 7.97. The highest BCUT2D eigenvalue weighted by molar-refractivity contribution is 6.42. The number of nitrogens with zero attached hydrogens (tertiary/aromatic N) is 4. The van der Waals surface area contributed by atoms with Gasteiger partial charge in [0, 0.05) is 18.8 Å². The molecule has 8 heteroatoms. The van der Waals surface area contributed by atoms with E-state index in [2.05, 4.69) is 20.7 Å². The van der Waals surface area contributed by atoms with Gasteiger partial charge in [-0.3, -0.25) is 4.68 Å². The lowest BCUT2D eigenvalue weighted by molar-refractivity contribution is 0.462. The molecular formula is C18H20Cl2N6. The van der Waals surface area contributed by atoms with Gasteiger partial charge < -0.3 is 10.6 Å². The van der Waals surface area contributed by atoms with Crippen molar-refractivity contribution < 1.29 is 0 Å². The Kier molecular flexibility index (Phi) is 4.87. The molecule has 3 aromatic rings. The van der Waals surface area contributed by atoms with Crippen molar-refractivity contribution in [3.8, 4) is 0 Å². The van der Waals surface area contributed by atoms with Crippen LogP contribution in [0.1, 0.15) is 32.1 Å². The number of aryl methyl sites for hydroxylation is 1. The highest BCUT2D eigenvalue weighted by Crippen LogP contribution is 2.29. The van der Waals surface area contributed by atoms with Crippen molar-refractivity contribution in [2.24, 2.45) is 7.05 Å². The highest BCUT2D eigenvalue weighted by Gasteiger charge is 2.18. The van der Waals surface area contributed by atoms with Gasteiger partial charge >= 0.3 is 0 Å². The number of halogens is 2. The van der Waals surface area contributed by atoms with Gasteiger partial charge in [0.2, 0.25) is 5.95 Å². The Hall–Kier alpha value is -2.05. The number of hydrogen-bond donors (Lipinski definition) is 2. The zero-order valence-electron chi connectivity index (χ0n) is 14.5. The molecule has 0 bridgehead atoms. The average molecular weight is 391 g/mol. The predicted octanol–water partition coefficient (Wildman–Crippen LogP) is 5.16. The first-order valence-electron chi connectivity index (χ1n) is 8.78. The van der Waals surface area contributed by atoms with Crippen molar-refractivity contribution in [1.29, 1.82) is 0 Å². The summed E-state index contributed by atoms with van der Waals surface area (Å²) in [6, 6.07) is 5.80. The van der Waals surface area contributed by atoms with E-state index in [1.54, 1.807) is 16.8 Å². The van der Waals surface area contributed by atoms with Crippen LogP contribution in [0.5, 0.6) is 0 Å². The Morgan fingerprint density at radius 3 is 2.65 bits per heavy atom. The molecule has 1 aliphatic carbocycles. The van der Waals surface area contributed by atoms with E-state index < -0.39 is 0 Å². The summed E-state index contributed by atoms with van der Waals surface area (Å²) in [7, 11) is 1.88. The van der Waals surface area contributed by atoms with Crippen LogP contribution in [-0.2, 0) is 7.05 Å². The average Bonchev–Trinajstić information content (AvgIpc) is 3.01. The van der Waals surface area contributed by atoms with E-state index in [9.17, 15) is 0 Å². The number of hydrogen-bond acceptors (Lipinski definition) is 5. The van der Waals surface area contributed by atoms with Gasteiger partial charge in [0.25, 0.3) is 0 Å². The van der Waals surface area contributed by atoms with Gasteiger partial charge in [-0.2, -0.15) is 15.1 Å². The van der Waals surface area contributed by atoms with E-state index >= 15 is 0 Å². The molecule has 0 radical (unpaired) electrons. The fraction of sp³-hybridized carbons (Fsp3) is 0.389. The van der Waals surface area contributed by atoms with Crippen molar-refractivity contribution in [1.82, 2.24) is 19.7 Å². The van der Waals surface area contributed by atoms with Gasteiger partial charge in [-0.15, -0.1) is 0 Å². The van der Waals surface area contributed by atoms with Gasteiger partial charge in [0.05, 0.1) is 21.6 Å². The summed E-state index contributed by atoms with van der Waals surface area (Å²) >= 11 is 12.1. The highest BCUT2D eigenvalue weighted by atomic mass is 35.5. The number of rotatable bonds is 4. The smallest absolute Gasteiger partial charge is 0.231 e. The van der Waals surface area contributed by atoms with Crippen LogP contribution in [0, 0.1) is 0 Å². The number of benzene rings is 1. The van der Waals surface area contributed by atoms with Crippen LogP contribution in [0.2, 0.25) is 10.0 Å². The van der Waals surface area contributed by atoms with E-state index in [-0.39, 0.29) is 0 Å². The summed E-state index contributed by atoms with van der Waals surface area (Å²) in [5, 5.41) is 13.1. The van der Waals surface area contributed by atoms with Crippen LogP contribution in [0.3, 0.4) is 0 Å². The lowest BCUT2D eigenvalue weighted by Crippen LogP contribution is -2.23. The van der Waals surface area contributed by atoms with Gasteiger partial charge in [0.1, 0.15) is 5.82 Å². The van der Waals surface area contributed by atoms with Crippen LogP contribution in [0.4, 0.5) is 17.5 Å². The second-order valence-electron chi connectivity index (χ2n) is 6.63. The minimum Gasteiger partial charge on any atom is -0.367 e. The van der Waals surface area contributed by atoms with Crippen LogP contribution in [0.25, 0.3) is 11.0 Å². The molecule has 2 N–H and O–H groups in total. The molecule has 1 saturated carbocycles. The number of aromatic nitrogens is 4. The molecule has 4 rings (SSSR count). The Bertz CT molecular complexity index is 933. The van der Waals surface area contributed by atoms with E-state index in [0.717, 1.165) is 22.5 Å². The topological polar surface area (TPSA) is 67.7 Å². The molecule has 0 aliphatic heterocycles. The lowest BCUT2D eigenvalue weighted by Gasteiger charge is -2.23. The second-order valence-corrected chi connectivity index (χ2v) is 7.45. The Morgan fingerprint density at radius 1 is 1.08 bits per heavy atom. The normalized spacial score (nSPS) is 15.3. The zero-order chi connectivity index (χ0) is 18.1. The van der Waals surface area contributed by atoms with Crippen LogP contribution in [-0.4, -0.2) is 25.8 Å². The summed E-state index contributed by atoms with van der Waals surface area (Å²) in [5.74, 6) is 1.32. The molecular weight excluding hydrogens is 371 g/mol. The van der Waals surface area contributed by atoms with Gasteiger partial charge in [0.15, 0.2) is 5.65 Å².